The van der Waals surface area contributed by atoms with E-state index in [1.165, 1.54) is 12.1 Å². The van der Waals surface area contributed by atoms with Crippen LogP contribution in [0.4, 0.5) is 8.78 Å². The van der Waals surface area contributed by atoms with Crippen molar-refractivity contribution in [2.24, 2.45) is 7.05 Å². The number of halogens is 2. The molecule has 108 valence electrons. The van der Waals surface area contributed by atoms with Crippen LogP contribution in [0.3, 0.4) is 0 Å². The van der Waals surface area contributed by atoms with Crippen LogP contribution in [0.2, 0.25) is 0 Å². The van der Waals surface area contributed by atoms with Gasteiger partial charge in [0.05, 0.1) is 5.69 Å². The first-order valence-electron chi connectivity index (χ1n) is 6.68. The van der Waals surface area contributed by atoms with Gasteiger partial charge in [-0.1, -0.05) is 13.0 Å². The normalized spacial score (nSPS) is 12.7. The van der Waals surface area contributed by atoms with E-state index < -0.39 is 11.6 Å². The molecule has 0 radical (unpaired) electrons. The van der Waals surface area contributed by atoms with E-state index in [4.69, 9.17) is 0 Å². The number of nitrogens with one attached hydrogen (secondary N) is 1. The fourth-order valence-electron chi connectivity index (χ4n) is 2.39. The van der Waals surface area contributed by atoms with Crippen LogP contribution in [-0.4, -0.2) is 16.8 Å². The number of nitrogens with zero attached hydrogens (tertiary/aromatic N) is 2. The molecule has 2 rings (SSSR count). The van der Waals surface area contributed by atoms with E-state index in [1.54, 1.807) is 10.7 Å². The molecule has 1 aromatic heterocycles. The molecule has 0 fully saturated rings. The van der Waals surface area contributed by atoms with E-state index in [9.17, 15) is 8.78 Å². The summed E-state index contributed by atoms with van der Waals surface area (Å²) in [6, 6.07) is 4.07. The summed E-state index contributed by atoms with van der Waals surface area (Å²) in [6.45, 7) is 2.05. The maximum Gasteiger partial charge on any atom is 0.159 e. The van der Waals surface area contributed by atoms with Crippen molar-refractivity contribution in [1.82, 2.24) is 15.1 Å². The number of likely N-dealkylation sites (N-methyl/N-ethyl adjacent to an activating group) is 1. The third kappa shape index (κ3) is 3.04. The Morgan fingerprint density at radius 1 is 1.30 bits per heavy atom. The summed E-state index contributed by atoms with van der Waals surface area (Å²) in [7, 11) is 3.74. The van der Waals surface area contributed by atoms with Crippen molar-refractivity contribution in [3.8, 4) is 0 Å². The highest BCUT2D eigenvalue weighted by atomic mass is 19.2. The van der Waals surface area contributed by atoms with E-state index in [0.29, 0.717) is 6.42 Å². The number of hydrogen-bond donors (Lipinski definition) is 1. The molecule has 0 amide bonds. The van der Waals surface area contributed by atoms with Crippen molar-refractivity contribution in [3.63, 3.8) is 0 Å². The first-order chi connectivity index (χ1) is 9.55. The molecule has 1 atom stereocenters. The summed E-state index contributed by atoms with van der Waals surface area (Å²) in [6.07, 6.45) is 3.40. The number of benzene rings is 1. The van der Waals surface area contributed by atoms with Gasteiger partial charge in [-0.25, -0.2) is 8.78 Å². The van der Waals surface area contributed by atoms with Crippen molar-refractivity contribution < 1.29 is 8.78 Å². The molecule has 1 heterocycles. The molecule has 3 nitrogen and oxygen atoms in total. The summed E-state index contributed by atoms with van der Waals surface area (Å²) in [5.74, 6) is -1.62. The molecule has 1 unspecified atom stereocenters. The number of aryl methyl sites for hydroxylation is 2. The molecular weight excluding hydrogens is 260 g/mol. The number of aromatic nitrogens is 2. The van der Waals surface area contributed by atoms with Crippen molar-refractivity contribution in [1.29, 1.82) is 0 Å². The molecule has 0 saturated carbocycles. The van der Waals surface area contributed by atoms with Crippen LogP contribution in [-0.2, 0) is 19.9 Å². The van der Waals surface area contributed by atoms with Crippen LogP contribution in [0.1, 0.15) is 29.8 Å². The molecule has 1 aromatic carbocycles. The van der Waals surface area contributed by atoms with Crippen LogP contribution in [0.15, 0.2) is 24.4 Å². The lowest BCUT2D eigenvalue weighted by molar-refractivity contribution is 0.504. The van der Waals surface area contributed by atoms with Crippen LogP contribution >= 0.6 is 0 Å². The minimum atomic E-state index is -0.814. The Bertz CT molecular complexity index is 593. The molecule has 0 aliphatic carbocycles. The lowest BCUT2D eigenvalue weighted by Gasteiger charge is -2.16. The highest BCUT2D eigenvalue weighted by Gasteiger charge is 2.17. The number of rotatable bonds is 5. The van der Waals surface area contributed by atoms with Gasteiger partial charge in [-0.15, -0.1) is 0 Å². The lowest BCUT2D eigenvalue weighted by Crippen LogP contribution is -2.19. The van der Waals surface area contributed by atoms with Gasteiger partial charge in [0.1, 0.15) is 0 Å². The second-order valence-corrected chi connectivity index (χ2v) is 4.85. The zero-order valence-corrected chi connectivity index (χ0v) is 12.0. The fourth-order valence-corrected chi connectivity index (χ4v) is 2.39. The van der Waals surface area contributed by atoms with Crippen LogP contribution < -0.4 is 5.32 Å². The largest absolute Gasteiger partial charge is 0.313 e. The van der Waals surface area contributed by atoms with Crippen LogP contribution in [0.5, 0.6) is 0 Å². The molecule has 20 heavy (non-hydrogen) atoms. The highest BCUT2D eigenvalue weighted by molar-refractivity contribution is 5.26. The van der Waals surface area contributed by atoms with Gasteiger partial charge in [0, 0.05) is 24.8 Å². The van der Waals surface area contributed by atoms with Crippen molar-refractivity contribution in [3.05, 3.63) is 52.9 Å². The van der Waals surface area contributed by atoms with Crippen LogP contribution in [0, 0.1) is 11.6 Å². The molecule has 0 aliphatic rings. The zero-order valence-electron chi connectivity index (χ0n) is 12.0. The minimum absolute atomic E-state index is 0.0310. The van der Waals surface area contributed by atoms with Crippen molar-refractivity contribution >= 4 is 0 Å². The first kappa shape index (κ1) is 14.7. The SMILES string of the molecule is CCc1nn(C)cc1C(Cc1ccc(F)c(F)c1)NC. The third-order valence-corrected chi connectivity index (χ3v) is 3.42. The second kappa shape index (κ2) is 6.13. The Labute approximate surface area is 117 Å². The van der Waals surface area contributed by atoms with Gasteiger partial charge < -0.3 is 5.32 Å². The molecule has 0 bridgehead atoms. The van der Waals surface area contributed by atoms with Gasteiger partial charge in [-0.2, -0.15) is 5.10 Å². The van der Waals surface area contributed by atoms with Crippen molar-refractivity contribution in [2.75, 3.05) is 7.05 Å². The Morgan fingerprint density at radius 2 is 2.05 bits per heavy atom. The summed E-state index contributed by atoms with van der Waals surface area (Å²) in [4.78, 5) is 0. The standard InChI is InChI=1S/C15H19F2N3/c1-4-14-11(9-20(3)19-14)15(18-2)8-10-5-6-12(16)13(17)7-10/h5-7,9,15,18H,4,8H2,1-3H3. The Kier molecular flexibility index (Phi) is 4.49. The lowest BCUT2D eigenvalue weighted by atomic mass is 9.98. The van der Waals surface area contributed by atoms with Gasteiger partial charge in [-0.3, -0.25) is 4.68 Å². The average molecular weight is 279 g/mol. The Hall–Kier alpha value is -1.75. The molecular formula is C15H19F2N3. The third-order valence-electron chi connectivity index (χ3n) is 3.42. The van der Waals surface area contributed by atoms with E-state index in [2.05, 4.69) is 17.3 Å². The van der Waals surface area contributed by atoms with E-state index >= 15 is 0 Å². The van der Waals surface area contributed by atoms with E-state index in [1.807, 2.05) is 20.3 Å². The summed E-state index contributed by atoms with van der Waals surface area (Å²) < 4.78 is 28.0. The topological polar surface area (TPSA) is 29.9 Å². The second-order valence-electron chi connectivity index (χ2n) is 4.85. The molecule has 0 aliphatic heterocycles. The summed E-state index contributed by atoms with van der Waals surface area (Å²) >= 11 is 0. The van der Waals surface area contributed by atoms with Crippen LogP contribution in [0.25, 0.3) is 0 Å². The minimum Gasteiger partial charge on any atom is -0.313 e. The summed E-state index contributed by atoms with van der Waals surface area (Å²) in [5.41, 5.74) is 2.88. The van der Waals surface area contributed by atoms with Gasteiger partial charge in [0.25, 0.3) is 0 Å². The molecule has 1 N–H and O–H groups in total. The maximum absolute atomic E-state index is 13.3. The smallest absolute Gasteiger partial charge is 0.159 e. The molecule has 2 aromatic rings. The van der Waals surface area contributed by atoms with Crippen molar-refractivity contribution in [2.45, 2.75) is 25.8 Å². The zero-order chi connectivity index (χ0) is 14.7. The van der Waals surface area contributed by atoms with Gasteiger partial charge in [0.15, 0.2) is 11.6 Å². The van der Waals surface area contributed by atoms with Gasteiger partial charge in [0.2, 0.25) is 0 Å². The molecule has 5 heteroatoms. The Balaban J connectivity index is 2.26. The Morgan fingerprint density at radius 3 is 2.65 bits per heavy atom. The fraction of sp³-hybridized carbons (Fsp3) is 0.400. The first-order valence-corrected chi connectivity index (χ1v) is 6.68. The molecule has 0 spiro atoms. The predicted molar refractivity (Wildman–Crippen MR) is 74.4 cm³/mol. The van der Waals surface area contributed by atoms with E-state index in [-0.39, 0.29) is 6.04 Å². The van der Waals surface area contributed by atoms with Gasteiger partial charge >= 0.3 is 0 Å². The van der Waals surface area contributed by atoms with E-state index in [0.717, 1.165) is 23.2 Å². The molecule has 0 saturated heterocycles. The number of hydrogen-bond acceptors (Lipinski definition) is 2. The van der Waals surface area contributed by atoms with Gasteiger partial charge in [-0.05, 0) is 37.6 Å². The average Bonchev–Trinajstić information content (AvgIpc) is 2.81. The quantitative estimate of drug-likeness (QED) is 0.912. The highest BCUT2D eigenvalue weighted by Crippen LogP contribution is 2.22. The predicted octanol–water partition coefficient (Wildman–Crippen LogP) is 2.76. The monoisotopic (exact) mass is 279 g/mol. The maximum atomic E-state index is 13.3. The summed E-state index contributed by atoms with van der Waals surface area (Å²) in [5, 5.41) is 7.63.